The van der Waals surface area contributed by atoms with Gasteiger partial charge in [0, 0.05) is 26.4 Å². The van der Waals surface area contributed by atoms with E-state index in [0.29, 0.717) is 0 Å². The first-order valence-electron chi connectivity index (χ1n) is 5.28. The second-order valence-corrected chi connectivity index (χ2v) is 9.39. The van der Waals surface area contributed by atoms with Crippen LogP contribution in [-0.2, 0) is 9.47 Å². The Morgan fingerprint density at radius 3 is 1.54 bits per heavy atom. The van der Waals surface area contributed by atoms with Gasteiger partial charge in [-0.3, -0.25) is 0 Å². The first-order chi connectivity index (χ1) is 6.12. The summed E-state index contributed by atoms with van der Waals surface area (Å²) in [5.74, 6) is 0. The van der Waals surface area contributed by atoms with Crippen LogP contribution in [0.1, 0.15) is 13.8 Å². The molecule has 0 N–H and O–H groups in total. The third-order valence-electron chi connectivity index (χ3n) is 2.25. The van der Waals surface area contributed by atoms with E-state index in [-0.39, 0.29) is 0 Å². The van der Waals surface area contributed by atoms with E-state index in [1.165, 1.54) is 12.1 Å². The molecule has 0 aliphatic heterocycles. The Kier molecular flexibility index (Phi) is 7.61. The number of hydrogen-bond acceptors (Lipinski definition) is 2. The highest BCUT2D eigenvalue weighted by Crippen LogP contribution is 2.15. The van der Waals surface area contributed by atoms with Crippen molar-refractivity contribution in [3.05, 3.63) is 0 Å². The Morgan fingerprint density at radius 1 is 0.846 bits per heavy atom. The maximum Gasteiger partial charge on any atom is 0.0519 e. The minimum absolute atomic E-state index is 0.843. The number of rotatable bonds is 8. The summed E-state index contributed by atoms with van der Waals surface area (Å²) in [6.07, 6.45) is 0. The molecule has 0 atom stereocenters. The Hall–Kier alpha value is 0.137. The van der Waals surface area contributed by atoms with Crippen molar-refractivity contribution < 1.29 is 9.47 Å². The lowest BCUT2D eigenvalue weighted by Gasteiger charge is -2.21. The molecule has 0 aromatic carbocycles. The van der Waals surface area contributed by atoms with Crippen LogP contribution in [0.2, 0.25) is 25.2 Å². The van der Waals surface area contributed by atoms with Crippen LogP contribution in [0.25, 0.3) is 0 Å². The predicted octanol–water partition coefficient (Wildman–Crippen LogP) is 2.77. The predicted molar refractivity (Wildman–Crippen MR) is 60.1 cm³/mol. The molecule has 0 bridgehead atoms. The standard InChI is InChI=1S/C10H24O2Si/c1-5-11-7-9-13(3,4)10-8-12-6-2/h5-10H2,1-4H3. The van der Waals surface area contributed by atoms with Gasteiger partial charge in [0.25, 0.3) is 0 Å². The first-order valence-corrected chi connectivity index (χ1v) is 8.69. The molecule has 0 fully saturated rings. The molecule has 0 heterocycles. The largest absolute Gasteiger partial charge is 0.382 e. The van der Waals surface area contributed by atoms with E-state index in [1.807, 2.05) is 0 Å². The fourth-order valence-corrected chi connectivity index (χ4v) is 2.75. The van der Waals surface area contributed by atoms with Crippen molar-refractivity contribution >= 4 is 8.07 Å². The van der Waals surface area contributed by atoms with Crippen molar-refractivity contribution in [2.75, 3.05) is 26.4 Å². The van der Waals surface area contributed by atoms with Crippen LogP contribution in [0.4, 0.5) is 0 Å². The van der Waals surface area contributed by atoms with Crippen molar-refractivity contribution in [2.45, 2.75) is 39.0 Å². The lowest BCUT2D eigenvalue weighted by atomic mass is 10.8. The van der Waals surface area contributed by atoms with Gasteiger partial charge in [0.2, 0.25) is 0 Å². The molecule has 0 rings (SSSR count). The van der Waals surface area contributed by atoms with E-state index in [4.69, 9.17) is 9.47 Å². The van der Waals surface area contributed by atoms with E-state index < -0.39 is 8.07 Å². The van der Waals surface area contributed by atoms with Crippen LogP contribution in [0.15, 0.2) is 0 Å². The number of hydrogen-bond donors (Lipinski definition) is 0. The van der Waals surface area contributed by atoms with Crippen LogP contribution < -0.4 is 0 Å². The first kappa shape index (κ1) is 13.1. The van der Waals surface area contributed by atoms with Gasteiger partial charge >= 0.3 is 0 Å². The molecule has 2 nitrogen and oxygen atoms in total. The van der Waals surface area contributed by atoms with Gasteiger partial charge in [-0.1, -0.05) is 13.1 Å². The number of ether oxygens (including phenoxy) is 2. The smallest absolute Gasteiger partial charge is 0.0519 e. The Morgan fingerprint density at radius 2 is 1.23 bits per heavy atom. The summed E-state index contributed by atoms with van der Waals surface area (Å²) in [5, 5.41) is 0. The van der Waals surface area contributed by atoms with Crippen LogP contribution in [0.5, 0.6) is 0 Å². The summed E-state index contributed by atoms with van der Waals surface area (Å²) in [6, 6.07) is 2.52. The zero-order chi connectivity index (χ0) is 10.2. The van der Waals surface area contributed by atoms with Gasteiger partial charge in [-0.05, 0) is 25.9 Å². The molecule has 0 aliphatic carbocycles. The molecule has 0 aliphatic rings. The summed E-state index contributed by atoms with van der Waals surface area (Å²) in [7, 11) is -1.03. The van der Waals surface area contributed by atoms with E-state index in [0.717, 1.165) is 26.4 Å². The second kappa shape index (κ2) is 7.53. The fraction of sp³-hybridized carbons (Fsp3) is 1.00. The highest BCUT2D eigenvalue weighted by molar-refractivity contribution is 6.77. The van der Waals surface area contributed by atoms with Crippen LogP contribution in [0.3, 0.4) is 0 Å². The summed E-state index contributed by atoms with van der Waals surface area (Å²) in [4.78, 5) is 0. The summed E-state index contributed by atoms with van der Waals surface area (Å²) in [6.45, 7) is 12.5. The zero-order valence-electron chi connectivity index (χ0n) is 9.56. The maximum atomic E-state index is 5.37. The molecule has 13 heavy (non-hydrogen) atoms. The van der Waals surface area contributed by atoms with Crippen molar-refractivity contribution in [3.63, 3.8) is 0 Å². The molecule has 0 amide bonds. The van der Waals surface area contributed by atoms with Crippen LogP contribution in [0, 0.1) is 0 Å². The van der Waals surface area contributed by atoms with Crippen LogP contribution in [-0.4, -0.2) is 34.5 Å². The van der Waals surface area contributed by atoms with Crippen molar-refractivity contribution in [2.24, 2.45) is 0 Å². The van der Waals surface area contributed by atoms with E-state index in [9.17, 15) is 0 Å². The molecule has 0 saturated heterocycles. The molecule has 0 saturated carbocycles. The lowest BCUT2D eigenvalue weighted by Crippen LogP contribution is -2.28. The average molecular weight is 204 g/mol. The molecular formula is C10H24O2Si. The monoisotopic (exact) mass is 204 g/mol. The quantitative estimate of drug-likeness (QED) is 0.447. The average Bonchev–Trinajstić information content (AvgIpc) is 2.05. The fourth-order valence-electron chi connectivity index (χ4n) is 1.11. The Balaban J connectivity index is 3.42. The molecule has 80 valence electrons. The Bertz CT molecular complexity index is 103. The third kappa shape index (κ3) is 8.47. The van der Waals surface area contributed by atoms with Crippen molar-refractivity contribution in [3.8, 4) is 0 Å². The Labute approximate surface area is 83.6 Å². The van der Waals surface area contributed by atoms with Crippen molar-refractivity contribution in [1.29, 1.82) is 0 Å². The van der Waals surface area contributed by atoms with Gasteiger partial charge in [-0.2, -0.15) is 0 Å². The van der Waals surface area contributed by atoms with Crippen molar-refractivity contribution in [1.82, 2.24) is 0 Å². The minimum Gasteiger partial charge on any atom is -0.382 e. The second-order valence-electron chi connectivity index (χ2n) is 4.06. The van der Waals surface area contributed by atoms with E-state index in [2.05, 4.69) is 26.9 Å². The normalized spacial score (nSPS) is 12.0. The van der Waals surface area contributed by atoms with Gasteiger partial charge in [0.05, 0.1) is 8.07 Å². The zero-order valence-corrected chi connectivity index (χ0v) is 10.6. The maximum absolute atomic E-state index is 5.37. The topological polar surface area (TPSA) is 18.5 Å². The molecule has 0 radical (unpaired) electrons. The van der Waals surface area contributed by atoms with E-state index >= 15 is 0 Å². The summed E-state index contributed by atoms with van der Waals surface area (Å²) in [5.41, 5.74) is 0. The molecule has 0 aromatic rings. The van der Waals surface area contributed by atoms with Gasteiger partial charge in [0.1, 0.15) is 0 Å². The molecular weight excluding hydrogens is 180 g/mol. The van der Waals surface area contributed by atoms with Gasteiger partial charge < -0.3 is 9.47 Å². The van der Waals surface area contributed by atoms with Gasteiger partial charge in [-0.15, -0.1) is 0 Å². The molecule has 0 aromatic heterocycles. The minimum atomic E-state index is -1.03. The van der Waals surface area contributed by atoms with E-state index in [1.54, 1.807) is 0 Å². The highest BCUT2D eigenvalue weighted by atomic mass is 28.3. The SMILES string of the molecule is CCOCC[Si](C)(C)CCOCC. The lowest BCUT2D eigenvalue weighted by molar-refractivity contribution is 0.155. The van der Waals surface area contributed by atoms with Gasteiger partial charge in [0.15, 0.2) is 0 Å². The summed E-state index contributed by atoms with van der Waals surface area (Å²) >= 11 is 0. The summed E-state index contributed by atoms with van der Waals surface area (Å²) < 4.78 is 10.7. The molecule has 3 heteroatoms. The van der Waals surface area contributed by atoms with Crippen LogP contribution >= 0.6 is 0 Å². The molecule has 0 spiro atoms. The highest BCUT2D eigenvalue weighted by Gasteiger charge is 2.19. The third-order valence-corrected chi connectivity index (χ3v) is 5.37. The molecule has 0 unspecified atom stereocenters. The van der Waals surface area contributed by atoms with Gasteiger partial charge in [-0.25, -0.2) is 0 Å².